The van der Waals surface area contributed by atoms with Crippen LogP contribution in [0.1, 0.15) is 20.8 Å². The Bertz CT molecular complexity index is 188. The van der Waals surface area contributed by atoms with Crippen molar-refractivity contribution in [2.24, 2.45) is 11.8 Å². The minimum atomic E-state index is -0.127. The van der Waals surface area contributed by atoms with E-state index >= 15 is 0 Å². The molecule has 0 saturated heterocycles. The Morgan fingerprint density at radius 3 is 2.53 bits per heavy atom. The molecule has 0 rings (SSSR count). The SMILES string of the molecule is CCN(CCOC)C(C)C(C)C(=O)NN. The number of hydrogen-bond acceptors (Lipinski definition) is 4. The molecule has 0 radical (unpaired) electrons. The summed E-state index contributed by atoms with van der Waals surface area (Å²) in [5, 5.41) is 0. The zero-order chi connectivity index (χ0) is 11.8. The molecule has 0 spiro atoms. The van der Waals surface area contributed by atoms with E-state index in [9.17, 15) is 4.79 Å². The van der Waals surface area contributed by atoms with Gasteiger partial charge in [-0.25, -0.2) is 5.84 Å². The van der Waals surface area contributed by atoms with E-state index in [4.69, 9.17) is 10.6 Å². The molecule has 0 aliphatic rings. The van der Waals surface area contributed by atoms with Gasteiger partial charge in [-0.05, 0) is 13.5 Å². The van der Waals surface area contributed by atoms with Crippen LogP contribution in [-0.2, 0) is 9.53 Å². The quantitative estimate of drug-likeness (QED) is 0.357. The number of nitrogens with zero attached hydrogens (tertiary/aromatic N) is 1. The van der Waals surface area contributed by atoms with E-state index in [1.807, 2.05) is 13.8 Å². The highest BCUT2D eigenvalue weighted by Crippen LogP contribution is 2.10. The van der Waals surface area contributed by atoms with Crippen LogP contribution in [0.25, 0.3) is 0 Å². The summed E-state index contributed by atoms with van der Waals surface area (Å²) in [6, 6.07) is 0.161. The highest BCUT2D eigenvalue weighted by molar-refractivity contribution is 5.78. The first-order valence-electron chi connectivity index (χ1n) is 5.31. The highest BCUT2D eigenvalue weighted by Gasteiger charge is 2.23. The van der Waals surface area contributed by atoms with Crippen molar-refractivity contribution < 1.29 is 9.53 Å². The Labute approximate surface area is 91.9 Å². The summed E-state index contributed by atoms with van der Waals surface area (Å²) in [6.07, 6.45) is 0. The van der Waals surface area contributed by atoms with Gasteiger partial charge in [-0.1, -0.05) is 13.8 Å². The zero-order valence-corrected chi connectivity index (χ0v) is 10.1. The van der Waals surface area contributed by atoms with Gasteiger partial charge in [-0.3, -0.25) is 15.1 Å². The fraction of sp³-hybridized carbons (Fsp3) is 0.900. The number of carbonyl (C=O) groups excluding carboxylic acids is 1. The average Bonchev–Trinajstić information content (AvgIpc) is 2.27. The lowest BCUT2D eigenvalue weighted by molar-refractivity contribution is -0.126. The van der Waals surface area contributed by atoms with Crippen molar-refractivity contribution in [3.8, 4) is 0 Å². The number of methoxy groups -OCH3 is 1. The molecule has 0 bridgehead atoms. The van der Waals surface area contributed by atoms with Crippen LogP contribution in [0.5, 0.6) is 0 Å². The lowest BCUT2D eigenvalue weighted by Gasteiger charge is -2.31. The summed E-state index contributed by atoms with van der Waals surface area (Å²) in [4.78, 5) is 13.6. The Balaban J connectivity index is 4.23. The van der Waals surface area contributed by atoms with Crippen molar-refractivity contribution in [1.82, 2.24) is 10.3 Å². The van der Waals surface area contributed by atoms with Gasteiger partial charge < -0.3 is 4.74 Å². The maximum absolute atomic E-state index is 11.4. The van der Waals surface area contributed by atoms with Crippen LogP contribution in [0.15, 0.2) is 0 Å². The molecule has 0 aliphatic heterocycles. The van der Waals surface area contributed by atoms with Crippen molar-refractivity contribution in [2.45, 2.75) is 26.8 Å². The van der Waals surface area contributed by atoms with Crippen molar-refractivity contribution >= 4 is 5.91 Å². The van der Waals surface area contributed by atoms with Gasteiger partial charge >= 0.3 is 0 Å². The molecular formula is C10H23N3O2. The van der Waals surface area contributed by atoms with E-state index in [1.54, 1.807) is 7.11 Å². The lowest BCUT2D eigenvalue weighted by atomic mass is 10.0. The predicted molar refractivity (Wildman–Crippen MR) is 60.1 cm³/mol. The molecular weight excluding hydrogens is 194 g/mol. The summed E-state index contributed by atoms with van der Waals surface area (Å²) < 4.78 is 5.02. The van der Waals surface area contributed by atoms with Crippen molar-refractivity contribution in [1.29, 1.82) is 0 Å². The Hall–Kier alpha value is -0.650. The minimum Gasteiger partial charge on any atom is -0.383 e. The van der Waals surface area contributed by atoms with Crippen LogP contribution in [0, 0.1) is 5.92 Å². The molecule has 5 nitrogen and oxygen atoms in total. The summed E-state index contributed by atoms with van der Waals surface area (Å²) >= 11 is 0. The number of amides is 1. The zero-order valence-electron chi connectivity index (χ0n) is 10.1. The van der Waals surface area contributed by atoms with Crippen LogP contribution in [-0.4, -0.2) is 43.7 Å². The minimum absolute atomic E-state index is 0.119. The van der Waals surface area contributed by atoms with Crippen molar-refractivity contribution in [2.75, 3.05) is 26.8 Å². The average molecular weight is 217 g/mol. The standard InChI is InChI=1S/C10H23N3O2/c1-5-13(6-7-15-4)9(3)8(2)10(14)12-11/h8-9H,5-7,11H2,1-4H3,(H,12,14). The molecule has 5 heteroatoms. The normalized spacial score (nSPS) is 15.1. The van der Waals surface area contributed by atoms with E-state index in [0.29, 0.717) is 6.61 Å². The molecule has 3 N–H and O–H groups in total. The molecule has 90 valence electrons. The number of ether oxygens (including phenoxy) is 1. The second-order valence-corrected chi connectivity index (χ2v) is 3.66. The van der Waals surface area contributed by atoms with Gasteiger partial charge in [0, 0.05) is 19.7 Å². The molecule has 0 heterocycles. The molecule has 0 saturated carbocycles. The van der Waals surface area contributed by atoms with Crippen LogP contribution in [0.4, 0.5) is 0 Å². The first-order valence-corrected chi connectivity index (χ1v) is 5.31. The number of carbonyl (C=O) groups is 1. The Morgan fingerprint density at radius 2 is 2.13 bits per heavy atom. The van der Waals surface area contributed by atoms with E-state index in [2.05, 4.69) is 17.2 Å². The first-order chi connectivity index (χ1) is 7.08. The van der Waals surface area contributed by atoms with E-state index in [1.165, 1.54) is 0 Å². The summed E-state index contributed by atoms with van der Waals surface area (Å²) in [5.41, 5.74) is 2.18. The second kappa shape index (κ2) is 7.62. The molecule has 2 unspecified atom stereocenters. The summed E-state index contributed by atoms with van der Waals surface area (Å²) in [6.45, 7) is 8.37. The highest BCUT2D eigenvalue weighted by atomic mass is 16.5. The molecule has 0 aromatic rings. The predicted octanol–water partition coefficient (Wildman–Crippen LogP) is -0.0308. The van der Waals surface area contributed by atoms with Gasteiger partial charge in [0.15, 0.2) is 0 Å². The van der Waals surface area contributed by atoms with Crippen LogP contribution >= 0.6 is 0 Å². The van der Waals surface area contributed by atoms with E-state index in [-0.39, 0.29) is 17.9 Å². The second-order valence-electron chi connectivity index (χ2n) is 3.66. The number of nitrogens with two attached hydrogens (primary N) is 1. The molecule has 0 aromatic carbocycles. The number of nitrogens with one attached hydrogen (secondary N) is 1. The summed E-state index contributed by atoms with van der Waals surface area (Å²) in [5.74, 6) is 4.86. The molecule has 2 atom stereocenters. The first kappa shape index (κ1) is 14.3. The Morgan fingerprint density at radius 1 is 1.53 bits per heavy atom. The summed E-state index contributed by atoms with van der Waals surface area (Å²) in [7, 11) is 1.68. The maximum atomic E-state index is 11.4. The fourth-order valence-corrected chi connectivity index (χ4v) is 1.53. The van der Waals surface area contributed by atoms with E-state index < -0.39 is 0 Å². The smallest absolute Gasteiger partial charge is 0.238 e. The molecule has 0 aliphatic carbocycles. The molecule has 0 fully saturated rings. The van der Waals surface area contributed by atoms with Crippen molar-refractivity contribution in [3.05, 3.63) is 0 Å². The van der Waals surface area contributed by atoms with Crippen molar-refractivity contribution in [3.63, 3.8) is 0 Å². The number of likely N-dealkylation sites (N-methyl/N-ethyl adjacent to an activating group) is 1. The van der Waals surface area contributed by atoms with Gasteiger partial charge in [-0.2, -0.15) is 0 Å². The van der Waals surface area contributed by atoms with Crippen LogP contribution in [0.3, 0.4) is 0 Å². The number of hydrogen-bond donors (Lipinski definition) is 2. The number of rotatable bonds is 7. The van der Waals surface area contributed by atoms with Gasteiger partial charge in [0.05, 0.1) is 12.5 Å². The topological polar surface area (TPSA) is 67.6 Å². The third kappa shape index (κ3) is 4.59. The lowest BCUT2D eigenvalue weighted by Crippen LogP contribution is -2.46. The van der Waals surface area contributed by atoms with Gasteiger partial charge in [0.1, 0.15) is 0 Å². The van der Waals surface area contributed by atoms with Crippen LogP contribution in [0.2, 0.25) is 0 Å². The molecule has 0 aromatic heterocycles. The largest absolute Gasteiger partial charge is 0.383 e. The third-order valence-electron chi connectivity index (χ3n) is 2.84. The Kier molecular flexibility index (Phi) is 7.29. The van der Waals surface area contributed by atoms with Gasteiger partial charge in [0.25, 0.3) is 0 Å². The van der Waals surface area contributed by atoms with Gasteiger partial charge in [-0.15, -0.1) is 0 Å². The maximum Gasteiger partial charge on any atom is 0.238 e. The fourth-order valence-electron chi connectivity index (χ4n) is 1.53. The number of hydrazine groups is 1. The molecule has 15 heavy (non-hydrogen) atoms. The van der Waals surface area contributed by atoms with Crippen LogP contribution < -0.4 is 11.3 Å². The monoisotopic (exact) mass is 217 g/mol. The van der Waals surface area contributed by atoms with E-state index in [0.717, 1.165) is 13.1 Å². The van der Waals surface area contributed by atoms with Gasteiger partial charge in [0.2, 0.25) is 5.91 Å². The third-order valence-corrected chi connectivity index (χ3v) is 2.84. The molecule has 1 amide bonds.